The Balaban J connectivity index is 2.09. The number of methoxy groups -OCH3 is 1. The van der Waals surface area contributed by atoms with E-state index in [2.05, 4.69) is 5.32 Å². The van der Waals surface area contributed by atoms with Gasteiger partial charge in [0.05, 0.1) is 17.7 Å². The van der Waals surface area contributed by atoms with Gasteiger partial charge in [0.1, 0.15) is 18.3 Å². The molecule has 0 unspecified atom stereocenters. The Morgan fingerprint density at radius 3 is 2.21 bits per heavy atom. The third-order valence-corrected chi connectivity index (χ3v) is 8.19. The molecule has 1 atom stereocenters. The number of halogens is 2. The summed E-state index contributed by atoms with van der Waals surface area (Å²) in [5.41, 5.74) is 0.839. The van der Waals surface area contributed by atoms with Gasteiger partial charge in [0.15, 0.2) is 0 Å². The molecule has 0 fully saturated rings. The number of carbonyl (C=O) groups is 2. The molecule has 3 rings (SSSR count). The van der Waals surface area contributed by atoms with Crippen molar-refractivity contribution in [3.63, 3.8) is 0 Å². The maximum Gasteiger partial charge on any atom is 0.264 e. The van der Waals surface area contributed by atoms with Gasteiger partial charge in [0.25, 0.3) is 10.0 Å². The van der Waals surface area contributed by atoms with E-state index < -0.39 is 28.5 Å². The molecule has 39 heavy (non-hydrogen) atoms. The number of hydrogen-bond acceptors (Lipinski definition) is 5. The number of ether oxygens (including phenoxy) is 1. The predicted molar refractivity (Wildman–Crippen MR) is 154 cm³/mol. The lowest BCUT2D eigenvalue weighted by atomic mass is 10.1. The van der Waals surface area contributed by atoms with Crippen LogP contribution in [0.5, 0.6) is 5.75 Å². The summed E-state index contributed by atoms with van der Waals surface area (Å²) in [6.07, 6.45) is 0.315. The summed E-state index contributed by atoms with van der Waals surface area (Å²) < 4.78 is 33.9. The first-order chi connectivity index (χ1) is 18.6. The molecule has 0 saturated carbocycles. The first-order valence-electron chi connectivity index (χ1n) is 12.3. The summed E-state index contributed by atoms with van der Waals surface area (Å²) in [4.78, 5) is 28.4. The van der Waals surface area contributed by atoms with Crippen molar-refractivity contribution in [3.05, 3.63) is 88.4 Å². The van der Waals surface area contributed by atoms with Crippen LogP contribution >= 0.6 is 23.2 Å². The van der Waals surface area contributed by atoms with E-state index in [0.29, 0.717) is 24.3 Å². The topological polar surface area (TPSA) is 96.0 Å². The van der Waals surface area contributed by atoms with E-state index in [0.717, 1.165) is 4.31 Å². The van der Waals surface area contributed by atoms with Gasteiger partial charge in [-0.2, -0.15) is 0 Å². The molecule has 0 heterocycles. The van der Waals surface area contributed by atoms with Crippen LogP contribution < -0.4 is 14.4 Å². The largest absolute Gasteiger partial charge is 0.497 e. The van der Waals surface area contributed by atoms with Crippen LogP contribution in [0.25, 0.3) is 0 Å². The van der Waals surface area contributed by atoms with Crippen LogP contribution in [0.3, 0.4) is 0 Å². The number of nitrogens with zero attached hydrogens (tertiary/aromatic N) is 2. The molecule has 0 aliphatic carbocycles. The molecule has 1 N–H and O–H groups in total. The minimum atomic E-state index is -4.21. The first kappa shape index (κ1) is 30.3. The summed E-state index contributed by atoms with van der Waals surface area (Å²) in [6, 6.07) is 18.4. The highest BCUT2D eigenvalue weighted by atomic mass is 35.5. The van der Waals surface area contributed by atoms with Crippen LogP contribution in [-0.4, -0.2) is 51.4 Å². The maximum atomic E-state index is 14.0. The van der Waals surface area contributed by atoms with Crippen molar-refractivity contribution in [1.82, 2.24) is 10.2 Å². The van der Waals surface area contributed by atoms with Gasteiger partial charge in [0.2, 0.25) is 11.8 Å². The van der Waals surface area contributed by atoms with Gasteiger partial charge in [-0.15, -0.1) is 0 Å². The molecular formula is C28H31Cl2N3O5S. The van der Waals surface area contributed by atoms with Crippen molar-refractivity contribution < 1.29 is 22.7 Å². The maximum absolute atomic E-state index is 14.0. The van der Waals surface area contributed by atoms with E-state index in [1.807, 2.05) is 6.07 Å². The molecule has 11 heteroatoms. The van der Waals surface area contributed by atoms with Crippen LogP contribution in [0.2, 0.25) is 10.0 Å². The normalized spacial score (nSPS) is 11.9. The van der Waals surface area contributed by atoms with Crippen molar-refractivity contribution in [2.45, 2.75) is 37.8 Å². The number of anilines is 1. The van der Waals surface area contributed by atoms with E-state index in [-0.39, 0.29) is 33.1 Å². The Morgan fingerprint density at radius 2 is 1.62 bits per heavy atom. The average Bonchev–Trinajstić information content (AvgIpc) is 2.91. The smallest absolute Gasteiger partial charge is 0.264 e. The number of benzene rings is 3. The zero-order valence-corrected chi connectivity index (χ0v) is 24.3. The third-order valence-electron chi connectivity index (χ3n) is 5.97. The zero-order chi connectivity index (χ0) is 28.6. The molecule has 0 saturated heterocycles. The number of likely N-dealkylation sites (N-methyl/N-ethyl adjacent to an activating group) is 1. The Hall–Kier alpha value is -3.27. The second-order valence-corrected chi connectivity index (χ2v) is 11.4. The number of hydrogen-bond donors (Lipinski definition) is 1. The van der Waals surface area contributed by atoms with Crippen LogP contribution in [0, 0.1) is 0 Å². The summed E-state index contributed by atoms with van der Waals surface area (Å²) in [5.74, 6) is -0.321. The van der Waals surface area contributed by atoms with E-state index in [4.69, 9.17) is 27.9 Å². The molecule has 3 aromatic rings. The van der Waals surface area contributed by atoms with Crippen LogP contribution in [-0.2, 0) is 26.2 Å². The SMILES string of the molecule is CCNC(=O)[C@H](CC)N(Cc1cccc(OC)c1)C(=O)CN(c1cc(Cl)cc(Cl)c1)S(=O)(=O)c1ccccc1. The minimum absolute atomic E-state index is 0.0102. The number of rotatable bonds is 12. The number of amides is 2. The standard InChI is InChI=1S/C28H31Cl2N3O5S/c1-4-26(28(35)31-5-2)32(18-20-10-9-11-24(14-20)38-3)27(34)19-33(23-16-21(29)15-22(30)17-23)39(36,37)25-12-7-6-8-13-25/h6-17,26H,4-5,18-19H2,1-3H3,(H,31,35)/t26-/m0/s1. The minimum Gasteiger partial charge on any atom is -0.497 e. The van der Waals surface area contributed by atoms with Gasteiger partial charge < -0.3 is 15.0 Å². The molecule has 3 aromatic carbocycles. The molecule has 208 valence electrons. The lowest BCUT2D eigenvalue weighted by Gasteiger charge is -2.33. The van der Waals surface area contributed by atoms with E-state index >= 15 is 0 Å². The van der Waals surface area contributed by atoms with Crippen molar-refractivity contribution >= 4 is 50.7 Å². The lowest BCUT2D eigenvalue weighted by molar-refractivity contribution is -0.140. The van der Waals surface area contributed by atoms with E-state index in [1.165, 1.54) is 42.3 Å². The second-order valence-electron chi connectivity index (χ2n) is 8.64. The molecule has 2 amide bonds. The van der Waals surface area contributed by atoms with E-state index in [9.17, 15) is 18.0 Å². The van der Waals surface area contributed by atoms with Gasteiger partial charge >= 0.3 is 0 Å². The second kappa shape index (κ2) is 13.7. The van der Waals surface area contributed by atoms with Crippen molar-refractivity contribution in [2.24, 2.45) is 0 Å². The van der Waals surface area contributed by atoms with Gasteiger partial charge in [-0.05, 0) is 61.4 Å². The predicted octanol–water partition coefficient (Wildman–Crippen LogP) is 5.14. The monoisotopic (exact) mass is 591 g/mol. The highest BCUT2D eigenvalue weighted by molar-refractivity contribution is 7.92. The summed E-state index contributed by atoms with van der Waals surface area (Å²) in [7, 11) is -2.68. The quantitative estimate of drug-likeness (QED) is 0.314. The Morgan fingerprint density at radius 1 is 0.949 bits per heavy atom. The molecule has 0 aromatic heterocycles. The first-order valence-corrected chi connectivity index (χ1v) is 14.5. The van der Waals surface area contributed by atoms with Crippen molar-refractivity contribution in [2.75, 3.05) is 24.5 Å². The van der Waals surface area contributed by atoms with E-state index in [1.54, 1.807) is 50.2 Å². The van der Waals surface area contributed by atoms with Crippen molar-refractivity contribution in [1.29, 1.82) is 0 Å². The summed E-state index contributed by atoms with van der Waals surface area (Å²) in [6.45, 7) is 3.43. The Bertz CT molecular complexity index is 1380. The van der Waals surface area contributed by atoms with Crippen LogP contribution in [0.15, 0.2) is 77.7 Å². The highest BCUT2D eigenvalue weighted by Gasteiger charge is 2.33. The fourth-order valence-corrected chi connectivity index (χ4v) is 6.04. The van der Waals surface area contributed by atoms with Crippen LogP contribution in [0.1, 0.15) is 25.8 Å². The molecule has 0 bridgehead atoms. The number of nitrogens with one attached hydrogen (secondary N) is 1. The van der Waals surface area contributed by atoms with Crippen LogP contribution in [0.4, 0.5) is 5.69 Å². The Kier molecular flexibility index (Phi) is 10.6. The molecule has 0 aliphatic heterocycles. The fraction of sp³-hybridized carbons (Fsp3) is 0.286. The summed E-state index contributed by atoms with van der Waals surface area (Å²) >= 11 is 12.4. The van der Waals surface area contributed by atoms with Gasteiger partial charge in [-0.1, -0.05) is 60.5 Å². The summed E-state index contributed by atoms with van der Waals surface area (Å²) in [5, 5.41) is 3.19. The molecular weight excluding hydrogens is 561 g/mol. The Labute approximate surface area is 239 Å². The molecule has 0 aliphatic rings. The number of sulfonamides is 1. The molecule has 0 spiro atoms. The average molecular weight is 593 g/mol. The number of carbonyl (C=O) groups excluding carboxylic acids is 2. The molecule has 0 radical (unpaired) electrons. The zero-order valence-electron chi connectivity index (χ0n) is 21.9. The van der Waals surface area contributed by atoms with Gasteiger partial charge in [-0.3, -0.25) is 13.9 Å². The molecule has 8 nitrogen and oxygen atoms in total. The van der Waals surface area contributed by atoms with Gasteiger partial charge in [0, 0.05) is 23.1 Å². The van der Waals surface area contributed by atoms with Gasteiger partial charge in [-0.25, -0.2) is 8.42 Å². The fourth-order valence-electron chi connectivity index (χ4n) is 4.11. The van der Waals surface area contributed by atoms with Crippen molar-refractivity contribution in [3.8, 4) is 5.75 Å². The third kappa shape index (κ3) is 7.65. The highest BCUT2D eigenvalue weighted by Crippen LogP contribution is 2.30. The lowest BCUT2D eigenvalue weighted by Crippen LogP contribution is -2.52.